The van der Waals surface area contributed by atoms with Crippen molar-refractivity contribution in [1.29, 1.82) is 0 Å². The molecule has 0 aliphatic carbocycles. The first-order valence-corrected chi connectivity index (χ1v) is 8.88. The number of aliphatic hydroxyl groups is 1. The highest BCUT2D eigenvalue weighted by Gasteiger charge is 2.39. The molecular formula is C21H29NO. The summed E-state index contributed by atoms with van der Waals surface area (Å²) in [5, 5.41) is 11.3. The van der Waals surface area contributed by atoms with E-state index in [4.69, 9.17) is 0 Å². The van der Waals surface area contributed by atoms with Gasteiger partial charge in [-0.05, 0) is 30.0 Å². The van der Waals surface area contributed by atoms with Gasteiger partial charge in [0.1, 0.15) is 0 Å². The fourth-order valence-corrected chi connectivity index (χ4v) is 3.44. The van der Waals surface area contributed by atoms with E-state index in [1.54, 1.807) is 0 Å². The van der Waals surface area contributed by atoms with Gasteiger partial charge in [0.05, 0.1) is 6.10 Å². The van der Waals surface area contributed by atoms with Crippen LogP contribution in [0.1, 0.15) is 69.6 Å². The molecule has 2 heteroatoms. The minimum atomic E-state index is -0.494. The van der Waals surface area contributed by atoms with Crippen molar-refractivity contribution in [2.24, 2.45) is 0 Å². The summed E-state index contributed by atoms with van der Waals surface area (Å²) >= 11 is 0. The molecule has 2 aromatic rings. The van der Waals surface area contributed by atoms with Crippen molar-refractivity contribution in [3.8, 4) is 0 Å². The molecule has 0 aliphatic rings. The van der Waals surface area contributed by atoms with Gasteiger partial charge in [-0.2, -0.15) is 0 Å². The molecule has 2 rings (SSSR count). The summed E-state index contributed by atoms with van der Waals surface area (Å²) in [4.78, 5) is 4.33. The lowest BCUT2D eigenvalue weighted by Gasteiger charge is -2.39. The van der Waals surface area contributed by atoms with Gasteiger partial charge in [-0.25, -0.2) is 0 Å². The van der Waals surface area contributed by atoms with Crippen molar-refractivity contribution in [3.63, 3.8) is 0 Å². The summed E-state index contributed by atoms with van der Waals surface area (Å²) in [6.45, 7) is 4.42. The van der Waals surface area contributed by atoms with E-state index in [2.05, 4.69) is 24.9 Å². The lowest BCUT2D eigenvalue weighted by Crippen LogP contribution is -2.34. The lowest BCUT2D eigenvalue weighted by atomic mass is 9.67. The van der Waals surface area contributed by atoms with Crippen LogP contribution in [0.5, 0.6) is 0 Å². The molecular weight excluding hydrogens is 282 g/mol. The summed E-state index contributed by atoms with van der Waals surface area (Å²) in [5.41, 5.74) is 1.92. The number of benzene rings is 1. The monoisotopic (exact) mass is 311 g/mol. The summed E-state index contributed by atoms with van der Waals surface area (Å²) in [5.74, 6) is 0. The number of aromatic nitrogens is 1. The van der Waals surface area contributed by atoms with Crippen LogP contribution >= 0.6 is 0 Å². The Labute approximate surface area is 140 Å². The number of aliphatic hydroxyl groups excluding tert-OH is 1. The van der Waals surface area contributed by atoms with Crippen LogP contribution in [0.4, 0.5) is 0 Å². The number of unbranched alkanes of at least 4 members (excludes halogenated alkanes) is 2. The highest BCUT2D eigenvalue weighted by atomic mass is 16.3. The van der Waals surface area contributed by atoms with Crippen LogP contribution in [-0.2, 0) is 5.41 Å². The molecule has 1 aromatic carbocycles. The summed E-state index contributed by atoms with van der Waals surface area (Å²) < 4.78 is 0. The molecule has 1 heterocycles. The van der Waals surface area contributed by atoms with Crippen molar-refractivity contribution in [2.75, 3.05) is 0 Å². The third-order valence-corrected chi connectivity index (χ3v) is 4.83. The van der Waals surface area contributed by atoms with E-state index in [0.717, 1.165) is 44.1 Å². The van der Waals surface area contributed by atoms with Gasteiger partial charge in [0, 0.05) is 17.8 Å². The van der Waals surface area contributed by atoms with E-state index in [1.165, 1.54) is 5.56 Å². The van der Waals surface area contributed by atoms with Crippen LogP contribution in [0.2, 0.25) is 0 Å². The van der Waals surface area contributed by atoms with Gasteiger partial charge in [-0.3, -0.25) is 4.98 Å². The van der Waals surface area contributed by atoms with Crippen molar-refractivity contribution >= 4 is 0 Å². The van der Waals surface area contributed by atoms with Crippen LogP contribution in [0.25, 0.3) is 0 Å². The van der Waals surface area contributed by atoms with Crippen LogP contribution < -0.4 is 0 Å². The molecule has 0 radical (unpaired) electrons. The zero-order chi connectivity index (χ0) is 16.5. The van der Waals surface area contributed by atoms with E-state index in [1.807, 2.05) is 48.8 Å². The number of rotatable bonds is 9. The smallest absolute Gasteiger partial charge is 0.0887 e. The van der Waals surface area contributed by atoms with E-state index in [0.29, 0.717) is 0 Å². The quantitative estimate of drug-likeness (QED) is 0.669. The van der Waals surface area contributed by atoms with Crippen molar-refractivity contribution in [2.45, 2.75) is 63.9 Å². The molecule has 1 atom stereocenters. The first kappa shape index (κ1) is 17.7. The molecule has 0 amide bonds. The van der Waals surface area contributed by atoms with Gasteiger partial charge in [0.25, 0.3) is 0 Å². The van der Waals surface area contributed by atoms with Crippen LogP contribution in [0, 0.1) is 0 Å². The van der Waals surface area contributed by atoms with Gasteiger partial charge in [0.2, 0.25) is 0 Å². The number of hydrogen-bond donors (Lipinski definition) is 1. The fraction of sp³-hybridized carbons (Fsp3) is 0.476. The van der Waals surface area contributed by atoms with Gasteiger partial charge >= 0.3 is 0 Å². The second kappa shape index (κ2) is 8.83. The summed E-state index contributed by atoms with van der Waals surface area (Å²) in [7, 11) is 0. The highest BCUT2D eigenvalue weighted by Crippen LogP contribution is 2.45. The Hall–Kier alpha value is -1.67. The van der Waals surface area contributed by atoms with Crippen molar-refractivity contribution in [3.05, 3.63) is 66.0 Å². The van der Waals surface area contributed by atoms with Gasteiger partial charge in [0.15, 0.2) is 0 Å². The van der Waals surface area contributed by atoms with Crippen LogP contribution in [-0.4, -0.2) is 10.1 Å². The molecule has 124 valence electrons. The molecule has 0 aliphatic heterocycles. The molecule has 23 heavy (non-hydrogen) atoms. The zero-order valence-electron chi connectivity index (χ0n) is 14.4. The second-order valence-corrected chi connectivity index (χ2v) is 6.42. The molecule has 0 saturated carbocycles. The fourth-order valence-electron chi connectivity index (χ4n) is 3.44. The van der Waals surface area contributed by atoms with Gasteiger partial charge in [-0.1, -0.05) is 75.9 Å². The number of hydrogen-bond acceptors (Lipinski definition) is 2. The zero-order valence-corrected chi connectivity index (χ0v) is 14.4. The standard InChI is InChI=1S/C21H29NO/c1-3-5-14-21(15-6-4-2,19-13-10-16-22-17-19)20(23)18-11-8-7-9-12-18/h7-13,16-17,20,23H,3-6,14-15H2,1-2H3. The first-order valence-electron chi connectivity index (χ1n) is 8.88. The summed E-state index contributed by atoms with van der Waals surface area (Å²) in [6, 6.07) is 14.2. The number of nitrogens with zero attached hydrogens (tertiary/aromatic N) is 1. The third-order valence-electron chi connectivity index (χ3n) is 4.83. The van der Waals surface area contributed by atoms with E-state index in [-0.39, 0.29) is 5.41 Å². The average molecular weight is 311 g/mol. The van der Waals surface area contributed by atoms with Crippen LogP contribution in [0.3, 0.4) is 0 Å². The molecule has 0 spiro atoms. The van der Waals surface area contributed by atoms with E-state index < -0.39 is 6.10 Å². The molecule has 0 saturated heterocycles. The predicted octanol–water partition coefficient (Wildman–Crippen LogP) is 5.43. The Balaban J connectivity index is 2.46. The SMILES string of the molecule is CCCCC(CCCC)(c1cccnc1)C(O)c1ccccc1. The van der Waals surface area contributed by atoms with E-state index >= 15 is 0 Å². The van der Waals surface area contributed by atoms with E-state index in [9.17, 15) is 5.11 Å². The van der Waals surface area contributed by atoms with Gasteiger partial charge in [-0.15, -0.1) is 0 Å². The third kappa shape index (κ3) is 4.20. The average Bonchev–Trinajstić information content (AvgIpc) is 2.63. The molecule has 0 fully saturated rings. The summed E-state index contributed by atoms with van der Waals surface area (Å²) in [6.07, 6.45) is 9.73. The maximum absolute atomic E-state index is 11.3. The maximum atomic E-state index is 11.3. The first-order chi connectivity index (χ1) is 11.2. The number of pyridine rings is 1. The molecule has 2 nitrogen and oxygen atoms in total. The van der Waals surface area contributed by atoms with Crippen LogP contribution in [0.15, 0.2) is 54.9 Å². The Morgan fingerprint density at radius 3 is 2.13 bits per heavy atom. The predicted molar refractivity (Wildman–Crippen MR) is 96.4 cm³/mol. The molecule has 1 N–H and O–H groups in total. The lowest BCUT2D eigenvalue weighted by molar-refractivity contribution is 0.0631. The largest absolute Gasteiger partial charge is 0.387 e. The Morgan fingerprint density at radius 2 is 1.61 bits per heavy atom. The molecule has 1 unspecified atom stereocenters. The van der Waals surface area contributed by atoms with Gasteiger partial charge < -0.3 is 5.11 Å². The molecule has 0 bridgehead atoms. The maximum Gasteiger partial charge on any atom is 0.0887 e. The van der Waals surface area contributed by atoms with Crippen molar-refractivity contribution in [1.82, 2.24) is 4.98 Å². The highest BCUT2D eigenvalue weighted by molar-refractivity contribution is 5.30. The minimum Gasteiger partial charge on any atom is -0.387 e. The van der Waals surface area contributed by atoms with Crippen molar-refractivity contribution < 1.29 is 5.11 Å². The topological polar surface area (TPSA) is 33.1 Å². The normalized spacial score (nSPS) is 13.0. The Kier molecular flexibility index (Phi) is 6.79. The minimum absolute atomic E-state index is 0.248. The second-order valence-electron chi connectivity index (χ2n) is 6.42. The Bertz CT molecular complexity index is 545. The molecule has 1 aromatic heterocycles. The Morgan fingerprint density at radius 1 is 0.957 bits per heavy atom.